The van der Waals surface area contributed by atoms with E-state index in [9.17, 15) is 19.7 Å². The molecule has 1 unspecified atom stereocenters. The summed E-state index contributed by atoms with van der Waals surface area (Å²) in [6.07, 6.45) is -0.587. The number of rotatable bonds is 4. The first kappa shape index (κ1) is 14.8. The fraction of sp³-hybridized carbons (Fsp3) is 0.200. The Kier molecular flexibility index (Phi) is 3.80. The summed E-state index contributed by atoms with van der Waals surface area (Å²) in [5.74, 6) is -1.03. The van der Waals surface area contributed by atoms with Crippen molar-refractivity contribution in [3.63, 3.8) is 0 Å². The van der Waals surface area contributed by atoms with Crippen LogP contribution < -0.4 is 0 Å². The van der Waals surface area contributed by atoms with Crippen molar-refractivity contribution in [1.29, 1.82) is 0 Å². The lowest BCUT2D eigenvalue weighted by Gasteiger charge is -2.06. The maximum atomic E-state index is 11.9. The van der Waals surface area contributed by atoms with Gasteiger partial charge in [0.1, 0.15) is 5.76 Å². The van der Waals surface area contributed by atoms with Crippen molar-refractivity contribution in [2.45, 2.75) is 12.5 Å². The number of esters is 2. The molecule has 1 saturated heterocycles. The SMILES string of the molecule is O=C(OC1CCOC1=O)c1ccc(-c2ccc([N+](=O)[O-])cc2)o1. The molecule has 0 N–H and O–H groups in total. The van der Waals surface area contributed by atoms with Crippen LogP contribution in [-0.4, -0.2) is 29.6 Å². The van der Waals surface area contributed by atoms with Gasteiger partial charge in [-0.05, 0) is 24.3 Å². The number of cyclic esters (lactones) is 1. The van der Waals surface area contributed by atoms with E-state index >= 15 is 0 Å². The molecule has 1 aliphatic heterocycles. The zero-order valence-corrected chi connectivity index (χ0v) is 11.8. The molecule has 8 heteroatoms. The molecule has 0 radical (unpaired) electrons. The molecule has 1 aliphatic rings. The number of carbonyl (C=O) groups is 2. The van der Waals surface area contributed by atoms with Crippen LogP contribution in [0.4, 0.5) is 5.69 Å². The van der Waals surface area contributed by atoms with Gasteiger partial charge in [0.15, 0.2) is 0 Å². The first-order chi connectivity index (χ1) is 11.0. The molecule has 1 atom stereocenters. The quantitative estimate of drug-likeness (QED) is 0.483. The van der Waals surface area contributed by atoms with E-state index < -0.39 is 23.0 Å². The number of nitro groups is 1. The standard InChI is InChI=1S/C15H11NO7/c17-14-13(7-8-21-14)23-15(18)12-6-5-11(22-12)9-1-3-10(4-2-9)16(19)20/h1-6,13H,7-8H2. The molecular weight excluding hydrogens is 306 g/mol. The van der Waals surface area contributed by atoms with E-state index in [1.165, 1.54) is 30.3 Å². The Morgan fingerprint density at radius 3 is 2.57 bits per heavy atom. The van der Waals surface area contributed by atoms with E-state index in [1.54, 1.807) is 6.07 Å². The van der Waals surface area contributed by atoms with Crippen molar-refractivity contribution < 1.29 is 28.4 Å². The van der Waals surface area contributed by atoms with Crippen molar-refractivity contribution in [1.82, 2.24) is 0 Å². The van der Waals surface area contributed by atoms with Crippen molar-refractivity contribution in [3.05, 3.63) is 52.3 Å². The lowest BCUT2D eigenvalue weighted by Crippen LogP contribution is -2.22. The van der Waals surface area contributed by atoms with E-state index in [0.717, 1.165) is 0 Å². The third-order valence-corrected chi connectivity index (χ3v) is 3.31. The molecule has 23 heavy (non-hydrogen) atoms. The number of nitrogens with zero attached hydrogens (tertiary/aromatic N) is 1. The van der Waals surface area contributed by atoms with E-state index in [0.29, 0.717) is 17.7 Å². The van der Waals surface area contributed by atoms with Crippen LogP contribution in [0.1, 0.15) is 17.0 Å². The zero-order chi connectivity index (χ0) is 16.4. The Morgan fingerprint density at radius 1 is 1.22 bits per heavy atom. The molecule has 1 fully saturated rings. The normalized spacial score (nSPS) is 16.9. The summed E-state index contributed by atoms with van der Waals surface area (Å²) >= 11 is 0. The molecule has 2 aromatic rings. The predicted molar refractivity (Wildman–Crippen MR) is 75.6 cm³/mol. The summed E-state index contributed by atoms with van der Waals surface area (Å²) in [5.41, 5.74) is 0.537. The maximum absolute atomic E-state index is 11.9. The Labute approximate surface area is 129 Å². The van der Waals surface area contributed by atoms with Crippen LogP contribution in [0.2, 0.25) is 0 Å². The fourth-order valence-corrected chi connectivity index (χ4v) is 2.12. The number of benzene rings is 1. The smallest absolute Gasteiger partial charge is 0.375 e. The van der Waals surface area contributed by atoms with Gasteiger partial charge in [-0.3, -0.25) is 10.1 Å². The molecule has 118 valence electrons. The zero-order valence-electron chi connectivity index (χ0n) is 11.8. The second-order valence-electron chi connectivity index (χ2n) is 4.82. The van der Waals surface area contributed by atoms with Crippen LogP contribution in [0.25, 0.3) is 11.3 Å². The van der Waals surface area contributed by atoms with E-state index in [1.807, 2.05) is 0 Å². The van der Waals surface area contributed by atoms with Gasteiger partial charge in [0, 0.05) is 24.1 Å². The minimum Gasteiger partial charge on any atom is -0.463 e. The van der Waals surface area contributed by atoms with Crippen molar-refractivity contribution >= 4 is 17.6 Å². The summed E-state index contributed by atoms with van der Waals surface area (Å²) in [7, 11) is 0. The van der Waals surface area contributed by atoms with Crippen molar-refractivity contribution in [3.8, 4) is 11.3 Å². The number of furan rings is 1. The number of hydrogen-bond acceptors (Lipinski definition) is 7. The lowest BCUT2D eigenvalue weighted by atomic mass is 10.1. The summed E-state index contributed by atoms with van der Waals surface area (Å²) in [6.45, 7) is 0.225. The third-order valence-electron chi connectivity index (χ3n) is 3.31. The monoisotopic (exact) mass is 317 g/mol. The summed E-state index contributed by atoms with van der Waals surface area (Å²) < 4.78 is 15.1. The van der Waals surface area contributed by atoms with E-state index in [2.05, 4.69) is 0 Å². The minimum atomic E-state index is -0.907. The second kappa shape index (κ2) is 5.91. The highest BCUT2D eigenvalue weighted by atomic mass is 16.6. The molecule has 3 rings (SSSR count). The molecular formula is C15H11NO7. The van der Waals surface area contributed by atoms with E-state index in [-0.39, 0.29) is 18.1 Å². The fourth-order valence-electron chi connectivity index (χ4n) is 2.12. The third kappa shape index (κ3) is 3.05. The predicted octanol–water partition coefficient (Wildman–Crippen LogP) is 2.33. The largest absolute Gasteiger partial charge is 0.463 e. The first-order valence-corrected chi connectivity index (χ1v) is 6.77. The summed E-state index contributed by atoms with van der Waals surface area (Å²) in [4.78, 5) is 33.3. The van der Waals surface area contributed by atoms with Crippen LogP contribution in [0.5, 0.6) is 0 Å². The second-order valence-corrected chi connectivity index (χ2v) is 4.82. The van der Waals surface area contributed by atoms with Crippen molar-refractivity contribution in [2.24, 2.45) is 0 Å². The Morgan fingerprint density at radius 2 is 1.96 bits per heavy atom. The number of carbonyl (C=O) groups excluding carboxylic acids is 2. The molecule has 0 aliphatic carbocycles. The van der Waals surface area contributed by atoms with Crippen LogP contribution in [-0.2, 0) is 14.3 Å². The van der Waals surface area contributed by atoms with Gasteiger partial charge in [0.05, 0.1) is 11.5 Å². The number of nitro benzene ring substituents is 1. The highest BCUT2D eigenvalue weighted by Gasteiger charge is 2.31. The van der Waals surface area contributed by atoms with Gasteiger partial charge in [-0.15, -0.1) is 0 Å². The Hall–Kier alpha value is -3.16. The minimum absolute atomic E-state index is 0.0420. The van der Waals surface area contributed by atoms with Crippen LogP contribution in [0.15, 0.2) is 40.8 Å². The van der Waals surface area contributed by atoms with Gasteiger partial charge in [-0.25, -0.2) is 9.59 Å². The molecule has 0 bridgehead atoms. The Balaban J connectivity index is 1.73. The Bertz CT molecular complexity index is 762. The molecule has 0 amide bonds. The van der Waals surface area contributed by atoms with Gasteiger partial charge in [-0.1, -0.05) is 0 Å². The van der Waals surface area contributed by atoms with Crippen LogP contribution in [0, 0.1) is 10.1 Å². The van der Waals surface area contributed by atoms with Crippen LogP contribution in [0.3, 0.4) is 0 Å². The topological polar surface area (TPSA) is 109 Å². The number of non-ortho nitro benzene ring substituents is 1. The average Bonchev–Trinajstić information content (AvgIpc) is 3.17. The summed E-state index contributed by atoms with van der Waals surface area (Å²) in [5, 5.41) is 10.6. The number of hydrogen-bond donors (Lipinski definition) is 0. The maximum Gasteiger partial charge on any atom is 0.375 e. The average molecular weight is 317 g/mol. The van der Waals surface area contributed by atoms with Gasteiger partial charge >= 0.3 is 11.9 Å². The van der Waals surface area contributed by atoms with Gasteiger partial charge in [0.25, 0.3) is 5.69 Å². The molecule has 8 nitrogen and oxygen atoms in total. The molecule has 0 saturated carbocycles. The summed E-state index contributed by atoms with van der Waals surface area (Å²) in [6, 6.07) is 8.67. The molecule has 0 spiro atoms. The van der Waals surface area contributed by atoms with E-state index in [4.69, 9.17) is 13.9 Å². The van der Waals surface area contributed by atoms with Crippen LogP contribution >= 0.6 is 0 Å². The van der Waals surface area contributed by atoms with Gasteiger partial charge < -0.3 is 13.9 Å². The van der Waals surface area contributed by atoms with Crippen molar-refractivity contribution in [2.75, 3.05) is 6.61 Å². The highest BCUT2D eigenvalue weighted by molar-refractivity contribution is 5.89. The molecule has 1 aromatic carbocycles. The first-order valence-electron chi connectivity index (χ1n) is 6.77. The lowest BCUT2D eigenvalue weighted by molar-refractivity contribution is -0.384. The molecule has 2 heterocycles. The number of ether oxygens (including phenoxy) is 2. The molecule has 1 aromatic heterocycles. The van der Waals surface area contributed by atoms with Gasteiger partial charge in [0.2, 0.25) is 11.9 Å². The highest BCUT2D eigenvalue weighted by Crippen LogP contribution is 2.25. The van der Waals surface area contributed by atoms with Gasteiger partial charge in [-0.2, -0.15) is 0 Å².